The summed E-state index contributed by atoms with van der Waals surface area (Å²) in [6.07, 6.45) is 0. The highest BCUT2D eigenvalue weighted by molar-refractivity contribution is 9.10. The van der Waals surface area contributed by atoms with E-state index in [1.54, 1.807) is 11.3 Å². The summed E-state index contributed by atoms with van der Waals surface area (Å²) in [6.45, 7) is 4.05. The molecule has 0 N–H and O–H groups in total. The van der Waals surface area contributed by atoms with Crippen LogP contribution in [0.5, 0.6) is 5.75 Å². The molecule has 0 saturated heterocycles. The molecule has 1 aromatic heterocycles. The summed E-state index contributed by atoms with van der Waals surface area (Å²) in [5.41, 5.74) is 0.773. The monoisotopic (exact) mass is 324 g/mol. The molecule has 2 aromatic rings. The molecule has 0 aliphatic heterocycles. The Balaban J connectivity index is 2.00. The molecule has 0 unspecified atom stereocenters. The van der Waals surface area contributed by atoms with E-state index in [4.69, 9.17) is 4.74 Å². The summed E-state index contributed by atoms with van der Waals surface area (Å²) in [7, 11) is 0. The maximum absolute atomic E-state index is 12.0. The molecular formula is C14H13BrO2S. The maximum atomic E-state index is 12.0. The predicted octanol–water partition coefficient (Wildman–Crippen LogP) is 4.39. The number of Topliss-reactive ketones (excluding diaryl/α,β-unsaturated/α-hetero) is 1. The van der Waals surface area contributed by atoms with Gasteiger partial charge in [-0.3, -0.25) is 4.79 Å². The molecule has 0 spiro atoms. The zero-order chi connectivity index (χ0) is 13.1. The number of hydrogen-bond donors (Lipinski definition) is 0. The Morgan fingerprint density at radius 2 is 1.94 bits per heavy atom. The van der Waals surface area contributed by atoms with Gasteiger partial charge in [0.15, 0.2) is 6.61 Å². The third-order valence-electron chi connectivity index (χ3n) is 2.52. The van der Waals surface area contributed by atoms with Gasteiger partial charge in [-0.05, 0) is 44.2 Å². The number of hydrogen-bond acceptors (Lipinski definition) is 3. The summed E-state index contributed by atoms with van der Waals surface area (Å²) in [6, 6.07) is 9.37. The molecule has 2 rings (SSSR count). The fraction of sp³-hybridized carbons (Fsp3) is 0.214. The number of thiophene rings is 1. The maximum Gasteiger partial charge on any atom is 0.201 e. The van der Waals surface area contributed by atoms with Crippen LogP contribution >= 0.6 is 27.3 Å². The zero-order valence-corrected chi connectivity index (χ0v) is 12.6. The molecule has 0 aliphatic carbocycles. The van der Waals surface area contributed by atoms with Crippen LogP contribution in [0.4, 0.5) is 0 Å². The first kappa shape index (κ1) is 13.3. The summed E-state index contributed by atoms with van der Waals surface area (Å²) in [5.74, 6) is 0.732. The number of benzene rings is 1. The van der Waals surface area contributed by atoms with Crippen molar-refractivity contribution in [2.75, 3.05) is 6.61 Å². The zero-order valence-electron chi connectivity index (χ0n) is 10.2. The molecule has 4 heteroatoms. The highest BCUT2D eigenvalue weighted by atomic mass is 79.9. The van der Waals surface area contributed by atoms with Gasteiger partial charge in [0.05, 0.1) is 0 Å². The van der Waals surface area contributed by atoms with Crippen LogP contribution in [0.2, 0.25) is 0 Å². The summed E-state index contributed by atoms with van der Waals surface area (Å²) < 4.78 is 6.47. The molecule has 0 atom stereocenters. The average molecular weight is 325 g/mol. The van der Waals surface area contributed by atoms with Crippen molar-refractivity contribution in [1.29, 1.82) is 0 Å². The molecule has 0 fully saturated rings. The van der Waals surface area contributed by atoms with E-state index in [1.807, 2.05) is 44.2 Å². The number of rotatable bonds is 4. The lowest BCUT2D eigenvalue weighted by molar-refractivity contribution is 0.0921. The van der Waals surface area contributed by atoms with E-state index in [9.17, 15) is 4.79 Å². The molecule has 18 heavy (non-hydrogen) atoms. The van der Waals surface area contributed by atoms with E-state index in [1.165, 1.54) is 0 Å². The fourth-order valence-electron chi connectivity index (χ4n) is 1.67. The highest BCUT2D eigenvalue weighted by Gasteiger charge is 2.12. The second-order valence-electron chi connectivity index (χ2n) is 3.99. The molecule has 1 aromatic carbocycles. The van der Waals surface area contributed by atoms with Gasteiger partial charge in [0.2, 0.25) is 5.78 Å². The first-order valence-corrected chi connectivity index (χ1v) is 7.16. The van der Waals surface area contributed by atoms with Crippen molar-refractivity contribution in [1.82, 2.24) is 0 Å². The average Bonchev–Trinajstić information content (AvgIpc) is 2.67. The minimum Gasteiger partial charge on any atom is -0.485 e. The van der Waals surface area contributed by atoms with E-state index in [-0.39, 0.29) is 12.4 Å². The third-order valence-corrected chi connectivity index (χ3v) is 4.02. The van der Waals surface area contributed by atoms with Crippen LogP contribution in [-0.4, -0.2) is 12.4 Å². The van der Waals surface area contributed by atoms with Gasteiger partial charge in [0, 0.05) is 19.8 Å². The number of ketones is 1. The number of carbonyl (C=O) groups is 1. The molecule has 0 saturated carbocycles. The summed E-state index contributed by atoms with van der Waals surface area (Å²) >= 11 is 4.99. The van der Waals surface area contributed by atoms with E-state index >= 15 is 0 Å². The van der Waals surface area contributed by atoms with Crippen LogP contribution in [-0.2, 0) is 0 Å². The number of halogens is 1. The summed E-state index contributed by atoms with van der Waals surface area (Å²) in [4.78, 5) is 14.2. The quantitative estimate of drug-likeness (QED) is 0.780. The van der Waals surface area contributed by atoms with Gasteiger partial charge < -0.3 is 4.74 Å². The minimum absolute atomic E-state index is 0.0276. The Labute approximate surface area is 119 Å². The molecule has 94 valence electrons. The van der Waals surface area contributed by atoms with E-state index in [0.717, 1.165) is 19.8 Å². The van der Waals surface area contributed by atoms with Crippen LogP contribution in [0.3, 0.4) is 0 Å². The number of ether oxygens (including phenoxy) is 1. The fourth-order valence-corrected chi connectivity index (χ4v) is 2.87. The van der Waals surface area contributed by atoms with Gasteiger partial charge in [-0.2, -0.15) is 0 Å². The Kier molecular flexibility index (Phi) is 4.19. The van der Waals surface area contributed by atoms with Crippen LogP contribution in [0.25, 0.3) is 0 Å². The highest BCUT2D eigenvalue weighted by Crippen LogP contribution is 2.21. The Bertz CT molecular complexity index is 558. The van der Waals surface area contributed by atoms with Crippen LogP contribution in [0, 0.1) is 13.8 Å². The summed E-state index contributed by atoms with van der Waals surface area (Å²) in [5, 5.41) is 0. The van der Waals surface area contributed by atoms with Crippen LogP contribution < -0.4 is 4.74 Å². The first-order valence-electron chi connectivity index (χ1n) is 5.55. The molecule has 0 radical (unpaired) electrons. The molecule has 0 aliphatic rings. The van der Waals surface area contributed by atoms with Gasteiger partial charge in [-0.15, -0.1) is 11.3 Å². The largest absolute Gasteiger partial charge is 0.485 e. The van der Waals surface area contributed by atoms with Gasteiger partial charge in [0.1, 0.15) is 5.75 Å². The lowest BCUT2D eigenvalue weighted by Crippen LogP contribution is -2.11. The first-order chi connectivity index (χ1) is 8.56. The van der Waals surface area contributed by atoms with E-state index < -0.39 is 0 Å². The minimum atomic E-state index is 0.0276. The SMILES string of the molecule is Cc1cc(C(=O)COc2ccc(Br)cc2)c(C)s1. The predicted molar refractivity (Wildman–Crippen MR) is 77.8 cm³/mol. The normalized spacial score (nSPS) is 10.4. The number of carbonyl (C=O) groups excluding carboxylic acids is 1. The van der Waals surface area contributed by atoms with Crippen molar-refractivity contribution in [2.24, 2.45) is 0 Å². The standard InChI is InChI=1S/C14H13BrO2S/c1-9-7-13(10(2)18-9)14(16)8-17-12-5-3-11(15)4-6-12/h3-7H,8H2,1-2H3. The van der Waals surface area contributed by atoms with Crippen molar-refractivity contribution in [3.63, 3.8) is 0 Å². The van der Waals surface area contributed by atoms with Crippen molar-refractivity contribution >= 4 is 33.0 Å². The molecule has 1 heterocycles. The van der Waals surface area contributed by atoms with Crippen molar-refractivity contribution in [2.45, 2.75) is 13.8 Å². The number of aryl methyl sites for hydroxylation is 2. The smallest absolute Gasteiger partial charge is 0.201 e. The Morgan fingerprint density at radius 1 is 1.28 bits per heavy atom. The van der Waals surface area contributed by atoms with E-state index in [0.29, 0.717) is 5.75 Å². The second kappa shape index (κ2) is 5.67. The lowest BCUT2D eigenvalue weighted by atomic mass is 10.2. The lowest BCUT2D eigenvalue weighted by Gasteiger charge is -2.05. The topological polar surface area (TPSA) is 26.3 Å². The molecule has 0 amide bonds. The van der Waals surface area contributed by atoms with Gasteiger partial charge in [-0.1, -0.05) is 15.9 Å². The Hall–Kier alpha value is -1.13. The van der Waals surface area contributed by atoms with Crippen molar-refractivity contribution in [3.05, 3.63) is 50.1 Å². The third kappa shape index (κ3) is 3.21. The molecular weight excluding hydrogens is 312 g/mol. The van der Waals surface area contributed by atoms with Gasteiger partial charge in [0.25, 0.3) is 0 Å². The van der Waals surface area contributed by atoms with Crippen molar-refractivity contribution < 1.29 is 9.53 Å². The molecule has 0 bridgehead atoms. The van der Waals surface area contributed by atoms with Crippen molar-refractivity contribution in [3.8, 4) is 5.75 Å². The Morgan fingerprint density at radius 3 is 2.50 bits per heavy atom. The second-order valence-corrected chi connectivity index (χ2v) is 6.37. The van der Waals surface area contributed by atoms with Crippen LogP contribution in [0.1, 0.15) is 20.1 Å². The molecule has 2 nitrogen and oxygen atoms in total. The van der Waals surface area contributed by atoms with Crippen LogP contribution in [0.15, 0.2) is 34.8 Å². The van der Waals surface area contributed by atoms with E-state index in [2.05, 4.69) is 15.9 Å². The van der Waals surface area contributed by atoms with Gasteiger partial charge in [-0.25, -0.2) is 0 Å². The van der Waals surface area contributed by atoms with Gasteiger partial charge >= 0.3 is 0 Å².